The molecule has 1 aromatic carbocycles. The Balaban J connectivity index is 1.68. The minimum atomic E-state index is -0.289. The first-order valence-corrected chi connectivity index (χ1v) is 10.4. The van der Waals surface area contributed by atoms with E-state index in [9.17, 15) is 9.59 Å². The second-order valence-corrected chi connectivity index (χ2v) is 8.69. The lowest BCUT2D eigenvalue weighted by Crippen LogP contribution is -2.36. The zero-order valence-corrected chi connectivity index (χ0v) is 16.7. The number of thioether (sulfide) groups is 1. The van der Waals surface area contributed by atoms with Crippen LogP contribution < -0.4 is 9.80 Å². The van der Waals surface area contributed by atoms with Crippen LogP contribution in [0.25, 0.3) is 0 Å². The van der Waals surface area contributed by atoms with Gasteiger partial charge in [-0.3, -0.25) is 14.5 Å². The van der Waals surface area contributed by atoms with E-state index in [1.165, 1.54) is 23.1 Å². The molecule has 0 saturated heterocycles. The molecule has 0 N–H and O–H groups in total. The Hall–Kier alpha value is -1.93. The highest BCUT2D eigenvalue weighted by Crippen LogP contribution is 2.37. The molecule has 138 valence electrons. The van der Waals surface area contributed by atoms with Crippen LogP contribution in [0.15, 0.2) is 34.7 Å². The molecule has 0 radical (unpaired) electrons. The SMILES string of the molecule is CCN(C(=O)C(C)Sc1nnc(N(C(C)=O)C2CC2)s1)c1ccccc1. The van der Waals surface area contributed by atoms with Gasteiger partial charge in [-0.1, -0.05) is 41.3 Å². The summed E-state index contributed by atoms with van der Waals surface area (Å²) in [4.78, 5) is 28.2. The molecule has 0 bridgehead atoms. The van der Waals surface area contributed by atoms with Crippen molar-refractivity contribution in [3.05, 3.63) is 30.3 Å². The van der Waals surface area contributed by atoms with Gasteiger partial charge in [-0.2, -0.15) is 0 Å². The van der Waals surface area contributed by atoms with Crippen molar-refractivity contribution >= 4 is 45.7 Å². The number of carbonyl (C=O) groups excluding carboxylic acids is 2. The van der Waals surface area contributed by atoms with Crippen molar-refractivity contribution in [1.29, 1.82) is 0 Å². The van der Waals surface area contributed by atoms with E-state index in [4.69, 9.17) is 0 Å². The van der Waals surface area contributed by atoms with Crippen LogP contribution in [0.5, 0.6) is 0 Å². The lowest BCUT2D eigenvalue weighted by molar-refractivity contribution is -0.118. The van der Waals surface area contributed by atoms with Crippen molar-refractivity contribution in [1.82, 2.24) is 10.2 Å². The number of hydrogen-bond donors (Lipinski definition) is 0. The molecule has 1 saturated carbocycles. The average molecular weight is 391 g/mol. The molecule has 1 heterocycles. The molecule has 0 spiro atoms. The Morgan fingerprint density at radius 2 is 1.96 bits per heavy atom. The normalized spacial score (nSPS) is 14.7. The fourth-order valence-electron chi connectivity index (χ4n) is 2.72. The van der Waals surface area contributed by atoms with Crippen molar-refractivity contribution in [2.45, 2.75) is 49.2 Å². The van der Waals surface area contributed by atoms with Gasteiger partial charge in [0.2, 0.25) is 16.9 Å². The van der Waals surface area contributed by atoms with E-state index in [0.29, 0.717) is 16.0 Å². The maximum Gasteiger partial charge on any atom is 0.240 e. The smallest absolute Gasteiger partial charge is 0.240 e. The highest BCUT2D eigenvalue weighted by atomic mass is 32.2. The third-order valence-corrected chi connectivity index (χ3v) is 6.22. The number of carbonyl (C=O) groups is 2. The quantitative estimate of drug-likeness (QED) is 0.534. The van der Waals surface area contributed by atoms with Crippen LogP contribution in [-0.2, 0) is 9.59 Å². The van der Waals surface area contributed by atoms with E-state index >= 15 is 0 Å². The van der Waals surface area contributed by atoms with Crippen molar-refractivity contribution in [2.24, 2.45) is 0 Å². The van der Waals surface area contributed by atoms with Gasteiger partial charge in [0, 0.05) is 25.2 Å². The number of para-hydroxylation sites is 1. The fourth-order valence-corrected chi connectivity index (χ4v) is 4.89. The molecule has 6 nitrogen and oxygen atoms in total. The summed E-state index contributed by atoms with van der Waals surface area (Å²) in [6.45, 7) is 6.00. The van der Waals surface area contributed by atoms with Crippen LogP contribution in [0.4, 0.5) is 10.8 Å². The summed E-state index contributed by atoms with van der Waals surface area (Å²) in [5, 5.41) is 8.67. The standard InChI is InChI=1S/C18H22N4O2S2/c1-4-21(14-8-6-5-7-9-14)16(24)12(2)25-18-20-19-17(26-18)22(13(3)23)15-10-11-15/h5-9,12,15H,4,10-11H2,1-3H3. The van der Waals surface area contributed by atoms with Crippen LogP contribution in [-0.4, -0.2) is 39.8 Å². The van der Waals surface area contributed by atoms with Crippen molar-refractivity contribution in [2.75, 3.05) is 16.3 Å². The number of amides is 2. The first-order chi connectivity index (χ1) is 12.5. The molecule has 3 rings (SSSR count). The van der Waals surface area contributed by atoms with Gasteiger partial charge < -0.3 is 4.90 Å². The van der Waals surface area contributed by atoms with Crippen molar-refractivity contribution < 1.29 is 9.59 Å². The number of nitrogens with zero attached hydrogens (tertiary/aromatic N) is 4. The van der Waals surface area contributed by atoms with Crippen molar-refractivity contribution in [3.8, 4) is 0 Å². The van der Waals surface area contributed by atoms with Gasteiger partial charge in [-0.05, 0) is 38.8 Å². The van der Waals surface area contributed by atoms with Gasteiger partial charge in [0.1, 0.15) is 0 Å². The zero-order chi connectivity index (χ0) is 18.7. The summed E-state index contributed by atoms with van der Waals surface area (Å²) < 4.78 is 0.705. The number of rotatable bonds is 7. The second-order valence-electron chi connectivity index (χ2n) is 6.15. The van der Waals surface area contributed by atoms with E-state index in [2.05, 4.69) is 10.2 Å². The molecule has 1 unspecified atom stereocenters. The lowest BCUT2D eigenvalue weighted by atomic mass is 10.2. The van der Waals surface area contributed by atoms with Crippen LogP contribution in [0, 0.1) is 0 Å². The van der Waals surface area contributed by atoms with Crippen LogP contribution in [0.3, 0.4) is 0 Å². The minimum Gasteiger partial charge on any atom is -0.312 e. The van der Waals surface area contributed by atoms with Gasteiger partial charge in [0.05, 0.1) is 5.25 Å². The van der Waals surface area contributed by atoms with E-state index in [1.807, 2.05) is 44.2 Å². The summed E-state index contributed by atoms with van der Waals surface area (Å²) in [5.41, 5.74) is 0.891. The van der Waals surface area contributed by atoms with E-state index in [-0.39, 0.29) is 23.1 Å². The van der Waals surface area contributed by atoms with Crippen LogP contribution in [0.1, 0.15) is 33.6 Å². The molecule has 8 heteroatoms. The van der Waals surface area contributed by atoms with Gasteiger partial charge in [0.15, 0.2) is 4.34 Å². The predicted molar refractivity (Wildman–Crippen MR) is 106 cm³/mol. The first-order valence-electron chi connectivity index (χ1n) is 8.67. The molecule has 26 heavy (non-hydrogen) atoms. The number of aromatic nitrogens is 2. The molecule has 1 aliphatic rings. The molecule has 2 aromatic rings. The summed E-state index contributed by atoms with van der Waals surface area (Å²) in [6.07, 6.45) is 2.03. The highest BCUT2D eigenvalue weighted by Gasteiger charge is 2.34. The average Bonchev–Trinajstić information content (AvgIpc) is 3.35. The monoisotopic (exact) mass is 390 g/mol. The lowest BCUT2D eigenvalue weighted by Gasteiger charge is -2.23. The summed E-state index contributed by atoms with van der Waals surface area (Å²) in [6, 6.07) is 9.90. The molecule has 0 aliphatic heterocycles. The van der Waals surface area contributed by atoms with E-state index in [0.717, 1.165) is 18.5 Å². The molecule has 1 fully saturated rings. The predicted octanol–water partition coefficient (Wildman–Crippen LogP) is 3.59. The third kappa shape index (κ3) is 4.24. The zero-order valence-electron chi connectivity index (χ0n) is 15.1. The maximum absolute atomic E-state index is 12.8. The van der Waals surface area contributed by atoms with Crippen molar-refractivity contribution in [3.63, 3.8) is 0 Å². The Morgan fingerprint density at radius 3 is 2.54 bits per heavy atom. The van der Waals surface area contributed by atoms with Gasteiger partial charge >= 0.3 is 0 Å². The van der Waals surface area contributed by atoms with Crippen LogP contribution >= 0.6 is 23.1 Å². The summed E-state index contributed by atoms with van der Waals surface area (Å²) in [5.74, 6) is 0.0247. The Morgan fingerprint density at radius 1 is 1.27 bits per heavy atom. The molecular weight excluding hydrogens is 368 g/mol. The molecule has 1 aromatic heterocycles. The topological polar surface area (TPSA) is 66.4 Å². The van der Waals surface area contributed by atoms with Gasteiger partial charge in [-0.15, -0.1) is 10.2 Å². The minimum absolute atomic E-state index is 0.00874. The number of hydrogen-bond acceptors (Lipinski definition) is 6. The Kier molecular flexibility index (Phi) is 5.93. The molecule has 1 aliphatic carbocycles. The molecule has 2 amide bonds. The van der Waals surface area contributed by atoms with Gasteiger partial charge in [-0.25, -0.2) is 0 Å². The number of benzene rings is 1. The fraction of sp³-hybridized carbons (Fsp3) is 0.444. The summed E-state index contributed by atoms with van der Waals surface area (Å²) >= 11 is 2.76. The van der Waals surface area contributed by atoms with Crippen LogP contribution in [0.2, 0.25) is 0 Å². The maximum atomic E-state index is 12.8. The highest BCUT2D eigenvalue weighted by molar-refractivity contribution is 8.02. The van der Waals surface area contributed by atoms with E-state index < -0.39 is 0 Å². The molecule has 1 atom stereocenters. The largest absolute Gasteiger partial charge is 0.312 e. The third-order valence-electron chi connectivity index (χ3n) is 4.13. The molecular formula is C18H22N4O2S2. The van der Waals surface area contributed by atoms with E-state index in [1.54, 1.807) is 16.7 Å². The Bertz CT molecular complexity index is 777. The number of anilines is 2. The summed E-state index contributed by atoms with van der Waals surface area (Å²) in [7, 11) is 0. The second kappa shape index (κ2) is 8.18. The first kappa shape index (κ1) is 18.8. The van der Waals surface area contributed by atoms with Gasteiger partial charge in [0.25, 0.3) is 0 Å². The Labute approximate surface area is 161 Å².